The monoisotopic (exact) mass is 312 g/mol. The standard InChI is InChI=1S/C16H13FN4O2/c17-11-5-9(18)3-4-14(11)21-7-13-15(20-21)10(8-1-2-8)6-12(19-13)16(22)23/h3-8H,1-2,18H2,(H,22,23). The van der Waals surface area contributed by atoms with E-state index in [9.17, 15) is 14.3 Å². The van der Waals surface area contributed by atoms with Gasteiger partial charge in [0.05, 0.1) is 6.20 Å². The zero-order valence-electron chi connectivity index (χ0n) is 12.0. The normalized spacial score (nSPS) is 14.3. The predicted octanol–water partition coefficient (Wildman–Crippen LogP) is 2.72. The molecule has 2 heterocycles. The van der Waals surface area contributed by atoms with Gasteiger partial charge in [-0.1, -0.05) is 0 Å². The van der Waals surface area contributed by atoms with Crippen LogP contribution in [0.1, 0.15) is 34.8 Å². The number of rotatable bonds is 3. The third kappa shape index (κ3) is 2.30. The van der Waals surface area contributed by atoms with Crippen molar-refractivity contribution >= 4 is 22.7 Å². The number of benzene rings is 1. The minimum Gasteiger partial charge on any atom is -0.477 e. The second-order valence-corrected chi connectivity index (χ2v) is 5.69. The van der Waals surface area contributed by atoms with Gasteiger partial charge in [0.2, 0.25) is 0 Å². The maximum absolute atomic E-state index is 14.1. The molecule has 0 saturated heterocycles. The number of hydrogen-bond acceptors (Lipinski definition) is 4. The van der Waals surface area contributed by atoms with Crippen LogP contribution >= 0.6 is 0 Å². The smallest absolute Gasteiger partial charge is 0.354 e. The Balaban J connectivity index is 1.93. The molecule has 2 aromatic heterocycles. The number of carbonyl (C=O) groups is 1. The SMILES string of the molecule is Nc1ccc(-n2cc3nc(C(=O)O)cc(C4CC4)c3n2)c(F)c1. The van der Waals surface area contributed by atoms with Crippen LogP contribution in [0.3, 0.4) is 0 Å². The molecule has 1 fully saturated rings. The van der Waals surface area contributed by atoms with Crippen molar-refractivity contribution in [1.29, 1.82) is 0 Å². The lowest BCUT2D eigenvalue weighted by atomic mass is 10.1. The van der Waals surface area contributed by atoms with E-state index >= 15 is 0 Å². The Labute approximate surface area is 130 Å². The number of carboxylic acids is 1. The molecule has 1 aliphatic rings. The van der Waals surface area contributed by atoms with Crippen LogP contribution in [0, 0.1) is 5.82 Å². The molecule has 3 N–H and O–H groups in total. The highest BCUT2D eigenvalue weighted by Crippen LogP contribution is 2.42. The second-order valence-electron chi connectivity index (χ2n) is 5.69. The highest BCUT2D eigenvalue weighted by molar-refractivity contribution is 5.90. The Morgan fingerprint density at radius 2 is 2.13 bits per heavy atom. The lowest BCUT2D eigenvalue weighted by Gasteiger charge is -2.03. The van der Waals surface area contributed by atoms with Crippen molar-refractivity contribution < 1.29 is 14.3 Å². The number of anilines is 1. The van der Waals surface area contributed by atoms with Gasteiger partial charge in [0, 0.05) is 5.69 Å². The molecule has 0 amide bonds. The zero-order valence-corrected chi connectivity index (χ0v) is 12.0. The van der Waals surface area contributed by atoms with Crippen LogP contribution in [-0.4, -0.2) is 25.8 Å². The van der Waals surface area contributed by atoms with Crippen LogP contribution in [-0.2, 0) is 0 Å². The molecule has 0 radical (unpaired) electrons. The van der Waals surface area contributed by atoms with Gasteiger partial charge >= 0.3 is 5.97 Å². The first-order valence-corrected chi connectivity index (χ1v) is 7.22. The number of carboxylic acid groups (broad SMARTS) is 1. The molecule has 0 atom stereocenters. The summed E-state index contributed by atoms with van der Waals surface area (Å²) in [4.78, 5) is 15.4. The molecular weight excluding hydrogens is 299 g/mol. The Hall–Kier alpha value is -2.96. The number of nitrogen functional groups attached to an aromatic ring is 1. The van der Waals surface area contributed by atoms with E-state index in [1.54, 1.807) is 18.3 Å². The van der Waals surface area contributed by atoms with Crippen LogP contribution in [0.25, 0.3) is 16.7 Å². The van der Waals surface area contributed by atoms with Crippen LogP contribution in [0.4, 0.5) is 10.1 Å². The van der Waals surface area contributed by atoms with E-state index < -0.39 is 11.8 Å². The number of fused-ring (bicyclic) bond motifs is 1. The van der Waals surface area contributed by atoms with Crippen LogP contribution in [0.2, 0.25) is 0 Å². The summed E-state index contributed by atoms with van der Waals surface area (Å²) in [5, 5.41) is 13.6. The molecule has 0 spiro atoms. The zero-order chi connectivity index (χ0) is 16.1. The molecule has 3 aromatic rings. The number of nitrogens with zero attached hydrogens (tertiary/aromatic N) is 3. The second kappa shape index (κ2) is 4.77. The molecule has 1 aliphatic carbocycles. The fourth-order valence-corrected chi connectivity index (χ4v) is 2.68. The lowest BCUT2D eigenvalue weighted by Crippen LogP contribution is -2.01. The maximum Gasteiger partial charge on any atom is 0.354 e. The fourth-order valence-electron chi connectivity index (χ4n) is 2.68. The molecule has 7 heteroatoms. The molecule has 1 saturated carbocycles. The number of halogens is 1. The highest BCUT2D eigenvalue weighted by Gasteiger charge is 2.28. The summed E-state index contributed by atoms with van der Waals surface area (Å²) in [6.45, 7) is 0. The summed E-state index contributed by atoms with van der Waals surface area (Å²) < 4.78 is 15.5. The van der Waals surface area contributed by atoms with E-state index in [-0.39, 0.29) is 11.4 Å². The Bertz CT molecular complexity index is 947. The van der Waals surface area contributed by atoms with Crippen molar-refractivity contribution in [3.05, 3.63) is 47.5 Å². The summed E-state index contributed by atoms with van der Waals surface area (Å²) >= 11 is 0. The fraction of sp³-hybridized carbons (Fsp3) is 0.188. The molecule has 0 unspecified atom stereocenters. The minimum absolute atomic E-state index is 0.0169. The van der Waals surface area contributed by atoms with Gasteiger partial charge < -0.3 is 10.8 Å². The van der Waals surface area contributed by atoms with Gasteiger partial charge in [-0.25, -0.2) is 18.9 Å². The van der Waals surface area contributed by atoms with Gasteiger partial charge in [-0.3, -0.25) is 0 Å². The van der Waals surface area contributed by atoms with Crippen molar-refractivity contribution in [3.63, 3.8) is 0 Å². The quantitative estimate of drug-likeness (QED) is 0.725. The number of aromatic nitrogens is 3. The van der Waals surface area contributed by atoms with Crippen LogP contribution in [0.5, 0.6) is 0 Å². The van der Waals surface area contributed by atoms with Crippen LogP contribution in [0.15, 0.2) is 30.5 Å². The van der Waals surface area contributed by atoms with E-state index in [4.69, 9.17) is 5.73 Å². The summed E-state index contributed by atoms with van der Waals surface area (Å²) in [7, 11) is 0. The van der Waals surface area contributed by atoms with E-state index in [0.29, 0.717) is 22.6 Å². The first kappa shape index (κ1) is 13.7. The van der Waals surface area contributed by atoms with Crippen molar-refractivity contribution in [1.82, 2.24) is 14.8 Å². The number of aromatic carboxylic acids is 1. The van der Waals surface area contributed by atoms with Crippen LogP contribution < -0.4 is 5.73 Å². The molecule has 4 rings (SSSR count). The topological polar surface area (TPSA) is 94.0 Å². The average Bonchev–Trinajstić information content (AvgIpc) is 3.25. The average molecular weight is 312 g/mol. The highest BCUT2D eigenvalue weighted by atomic mass is 19.1. The molecule has 23 heavy (non-hydrogen) atoms. The molecule has 0 bridgehead atoms. The number of pyridine rings is 1. The van der Waals surface area contributed by atoms with Gasteiger partial charge in [-0.05, 0) is 48.6 Å². The number of hydrogen-bond donors (Lipinski definition) is 2. The third-order valence-corrected chi connectivity index (χ3v) is 3.96. The maximum atomic E-state index is 14.1. The largest absolute Gasteiger partial charge is 0.477 e. The molecule has 116 valence electrons. The molecular formula is C16H13FN4O2. The van der Waals surface area contributed by atoms with Crippen molar-refractivity contribution in [2.24, 2.45) is 0 Å². The Morgan fingerprint density at radius 3 is 2.78 bits per heavy atom. The molecule has 1 aromatic carbocycles. The van der Waals surface area contributed by atoms with E-state index in [2.05, 4.69) is 10.1 Å². The van der Waals surface area contributed by atoms with Gasteiger partial charge in [0.15, 0.2) is 5.82 Å². The number of nitrogens with two attached hydrogens (primary N) is 1. The van der Waals surface area contributed by atoms with E-state index in [0.717, 1.165) is 18.4 Å². The lowest BCUT2D eigenvalue weighted by molar-refractivity contribution is 0.0691. The predicted molar refractivity (Wildman–Crippen MR) is 82.2 cm³/mol. The van der Waals surface area contributed by atoms with Gasteiger partial charge in [0.1, 0.15) is 22.4 Å². The van der Waals surface area contributed by atoms with Gasteiger partial charge in [0.25, 0.3) is 0 Å². The first-order valence-electron chi connectivity index (χ1n) is 7.22. The summed E-state index contributed by atoms with van der Waals surface area (Å²) in [6.07, 6.45) is 3.55. The summed E-state index contributed by atoms with van der Waals surface area (Å²) in [5.74, 6) is -1.28. The van der Waals surface area contributed by atoms with Crippen molar-refractivity contribution in [2.45, 2.75) is 18.8 Å². The first-order chi connectivity index (χ1) is 11.0. The van der Waals surface area contributed by atoms with Crippen molar-refractivity contribution in [2.75, 3.05) is 5.73 Å². The Kier molecular flexibility index (Phi) is 2.84. The Morgan fingerprint density at radius 1 is 1.35 bits per heavy atom. The minimum atomic E-state index is -1.08. The summed E-state index contributed by atoms with van der Waals surface area (Å²) in [5.41, 5.74) is 8.04. The third-order valence-electron chi connectivity index (χ3n) is 3.96. The van der Waals surface area contributed by atoms with Gasteiger partial charge in [-0.2, -0.15) is 5.10 Å². The van der Waals surface area contributed by atoms with E-state index in [1.165, 1.54) is 16.8 Å². The van der Waals surface area contributed by atoms with Crippen molar-refractivity contribution in [3.8, 4) is 5.69 Å². The molecule has 0 aliphatic heterocycles. The van der Waals surface area contributed by atoms with Gasteiger partial charge in [-0.15, -0.1) is 0 Å². The van der Waals surface area contributed by atoms with E-state index in [1.807, 2.05) is 0 Å². The summed E-state index contributed by atoms with van der Waals surface area (Å²) in [6, 6.07) is 5.91. The molecule has 6 nitrogen and oxygen atoms in total.